The Morgan fingerprint density at radius 2 is 1.56 bits per heavy atom. The Balaban J connectivity index is 1.32. The molecular weight excluding hydrogens is 791 g/mol. The maximum atomic E-state index is 15.3. The fourth-order valence-corrected chi connectivity index (χ4v) is 9.77. The monoisotopic (exact) mass is 824 g/mol. The van der Waals surface area contributed by atoms with Gasteiger partial charge in [0.15, 0.2) is 17.2 Å². The van der Waals surface area contributed by atoms with Crippen LogP contribution >= 0.6 is 11.6 Å². The number of rotatable bonds is 9. The molecular formula is C41H34ClFN6O10. The van der Waals surface area contributed by atoms with Crippen LogP contribution in [-0.4, -0.2) is 64.8 Å². The molecule has 18 heteroatoms. The molecule has 4 amide bonds. The number of hydrazine groups is 1. The van der Waals surface area contributed by atoms with Crippen molar-refractivity contribution < 1.29 is 43.3 Å². The second-order valence-corrected chi connectivity index (χ2v) is 15.5. The number of nitrogens with zero attached hydrogens (tertiary/aromatic N) is 5. The topological polar surface area (TPSA) is 206 Å². The highest BCUT2D eigenvalue weighted by Crippen LogP contribution is 2.65. The van der Waals surface area contributed by atoms with Crippen LogP contribution in [0.1, 0.15) is 29.9 Å². The van der Waals surface area contributed by atoms with Gasteiger partial charge in [-0.25, -0.2) is 9.29 Å². The minimum atomic E-state index is -1.80. The third-order valence-corrected chi connectivity index (χ3v) is 12.2. The number of halogens is 2. The SMILES string of the molecule is COc1cccc(C2C3=CCC4C(=O)N(c5cc([N+](=O)[O-])c(N(C)C)c([N+](=O)[O-])c5)C(=O)C4C3CC3C(=O)N(Nc4ccc(F)cc4)C(=O)C32c2ccc(Cl)cc2)c1O. The molecule has 4 aromatic rings. The van der Waals surface area contributed by atoms with Crippen molar-refractivity contribution in [2.24, 2.45) is 23.7 Å². The number of aromatic hydroxyl groups is 1. The predicted molar refractivity (Wildman–Crippen MR) is 210 cm³/mol. The van der Waals surface area contributed by atoms with Gasteiger partial charge in [-0.1, -0.05) is 47.5 Å². The molecule has 2 heterocycles. The molecule has 0 spiro atoms. The van der Waals surface area contributed by atoms with Crippen LogP contribution in [-0.2, 0) is 24.6 Å². The van der Waals surface area contributed by atoms with E-state index < -0.39 is 85.7 Å². The number of hydrogen-bond acceptors (Lipinski definition) is 12. The largest absolute Gasteiger partial charge is 0.504 e. The van der Waals surface area contributed by atoms with Gasteiger partial charge in [0.1, 0.15) is 5.82 Å². The summed E-state index contributed by atoms with van der Waals surface area (Å²) in [5, 5.41) is 37.5. The molecule has 1 saturated carbocycles. The summed E-state index contributed by atoms with van der Waals surface area (Å²) in [5.74, 6) is -9.39. The number of carbonyl (C=O) groups excluding carboxylic acids is 4. The number of nitro benzene ring substituents is 2. The predicted octanol–water partition coefficient (Wildman–Crippen LogP) is 6.27. The van der Waals surface area contributed by atoms with Crippen LogP contribution < -0.4 is 20.0 Å². The van der Waals surface area contributed by atoms with E-state index in [1.54, 1.807) is 42.5 Å². The Morgan fingerprint density at radius 1 is 0.915 bits per heavy atom. The van der Waals surface area contributed by atoms with Crippen molar-refractivity contribution in [1.82, 2.24) is 5.01 Å². The molecule has 6 unspecified atom stereocenters. The molecule has 4 aliphatic rings. The molecule has 16 nitrogen and oxygen atoms in total. The summed E-state index contributed by atoms with van der Waals surface area (Å²) in [6.45, 7) is 0. The Bertz CT molecular complexity index is 2500. The van der Waals surface area contributed by atoms with Gasteiger partial charge >= 0.3 is 11.4 Å². The fourth-order valence-electron chi connectivity index (χ4n) is 9.65. The lowest BCUT2D eigenvalue weighted by Crippen LogP contribution is -2.53. The maximum absolute atomic E-state index is 15.3. The average molecular weight is 825 g/mol. The van der Waals surface area contributed by atoms with Crippen molar-refractivity contribution in [3.8, 4) is 11.5 Å². The summed E-state index contributed by atoms with van der Waals surface area (Å²) in [5.41, 5.74) is 0.169. The smallest absolute Gasteiger partial charge is 0.301 e. The number of para-hydroxylation sites is 1. The highest BCUT2D eigenvalue weighted by molar-refractivity contribution is 6.30. The lowest BCUT2D eigenvalue weighted by molar-refractivity contribution is -0.392. The van der Waals surface area contributed by atoms with Crippen molar-refractivity contribution in [1.29, 1.82) is 0 Å². The first-order chi connectivity index (χ1) is 28.1. The van der Waals surface area contributed by atoms with Crippen LogP contribution in [0.5, 0.6) is 11.5 Å². The van der Waals surface area contributed by atoms with Crippen molar-refractivity contribution >= 4 is 63.7 Å². The molecule has 2 aliphatic carbocycles. The molecule has 59 heavy (non-hydrogen) atoms. The van der Waals surface area contributed by atoms with Gasteiger partial charge in [0.05, 0.1) is 51.5 Å². The number of fused-ring (bicyclic) bond motifs is 4. The summed E-state index contributed by atoms with van der Waals surface area (Å²) in [7, 11) is 4.12. The van der Waals surface area contributed by atoms with Crippen LogP contribution in [0.15, 0.2) is 90.5 Å². The number of ether oxygens (including phenoxy) is 1. The lowest BCUT2D eigenvalue weighted by atomic mass is 9.49. The molecule has 8 rings (SSSR count). The van der Waals surface area contributed by atoms with Gasteiger partial charge in [-0.3, -0.25) is 44.8 Å². The Kier molecular flexibility index (Phi) is 9.37. The van der Waals surface area contributed by atoms with Crippen molar-refractivity contribution in [3.05, 3.63) is 133 Å². The molecule has 2 N–H and O–H groups in total. The second-order valence-electron chi connectivity index (χ2n) is 15.0. The van der Waals surface area contributed by atoms with Gasteiger partial charge in [-0.05, 0) is 66.8 Å². The maximum Gasteiger partial charge on any atom is 0.301 e. The molecule has 0 radical (unpaired) electrons. The number of anilines is 3. The Morgan fingerprint density at radius 3 is 2.15 bits per heavy atom. The molecule has 2 saturated heterocycles. The quantitative estimate of drug-likeness (QED) is 0.0830. The van der Waals surface area contributed by atoms with Crippen LogP contribution in [0.3, 0.4) is 0 Å². The molecule has 302 valence electrons. The van der Waals surface area contributed by atoms with Gasteiger partial charge in [0.2, 0.25) is 11.8 Å². The summed E-state index contributed by atoms with van der Waals surface area (Å²) >= 11 is 6.34. The van der Waals surface area contributed by atoms with Gasteiger partial charge in [-0.15, -0.1) is 0 Å². The molecule has 6 atom stereocenters. The van der Waals surface area contributed by atoms with E-state index in [1.807, 2.05) is 0 Å². The third-order valence-electron chi connectivity index (χ3n) is 12.0. The first-order valence-corrected chi connectivity index (χ1v) is 18.7. The van der Waals surface area contributed by atoms with E-state index in [2.05, 4.69) is 5.43 Å². The zero-order valence-electron chi connectivity index (χ0n) is 31.5. The summed E-state index contributed by atoms with van der Waals surface area (Å²) in [6, 6.07) is 17.9. The number of amides is 4. The molecule has 2 aliphatic heterocycles. The Labute approximate surface area is 339 Å². The summed E-state index contributed by atoms with van der Waals surface area (Å²) < 4.78 is 19.4. The number of benzene rings is 4. The normalized spacial score (nSPS) is 24.6. The van der Waals surface area contributed by atoms with E-state index in [0.717, 1.165) is 34.2 Å². The van der Waals surface area contributed by atoms with Crippen molar-refractivity contribution in [2.45, 2.75) is 24.2 Å². The van der Waals surface area contributed by atoms with E-state index in [-0.39, 0.29) is 47.0 Å². The van der Waals surface area contributed by atoms with Crippen molar-refractivity contribution in [2.75, 3.05) is 36.4 Å². The molecule has 0 bridgehead atoms. The van der Waals surface area contributed by atoms with E-state index >= 15 is 4.79 Å². The summed E-state index contributed by atoms with van der Waals surface area (Å²) in [4.78, 5) is 84.1. The number of phenols is 1. The number of nitro groups is 2. The van der Waals surface area contributed by atoms with Gasteiger partial charge in [0, 0.05) is 42.7 Å². The number of hydrogen-bond donors (Lipinski definition) is 2. The Hall–Kier alpha value is -6.88. The standard InChI is InChI=1S/C41H34ClFN6O10/c1-45(2)35-30(48(55)56)17-24(18-31(35)49(57)58)46-37(51)26-16-15-25-28(33(26)39(46)53)19-29-38(52)47(44-23-13-11-22(43)12-14-23)40(54)41(29,20-7-9-21(42)10-8-20)34(25)27-5-4-6-32(59-3)36(27)50/h4-15,17-18,26,28-29,33-34,44,50H,16,19H2,1-3H3. The van der Waals surface area contributed by atoms with Crippen LogP contribution in [0.2, 0.25) is 5.02 Å². The van der Waals surface area contributed by atoms with Crippen molar-refractivity contribution in [3.63, 3.8) is 0 Å². The lowest BCUT2D eigenvalue weighted by Gasteiger charge is -2.50. The van der Waals surface area contributed by atoms with E-state index in [1.165, 1.54) is 44.3 Å². The number of methoxy groups -OCH3 is 1. The van der Waals surface area contributed by atoms with Crippen LogP contribution in [0.4, 0.5) is 32.8 Å². The number of phenolic OH excluding ortho intramolecular Hbond substituents is 1. The summed E-state index contributed by atoms with van der Waals surface area (Å²) in [6.07, 6.45) is 1.52. The highest BCUT2D eigenvalue weighted by atomic mass is 35.5. The van der Waals surface area contributed by atoms with E-state index in [0.29, 0.717) is 16.2 Å². The molecule has 3 fully saturated rings. The number of allylic oxidation sites excluding steroid dienone is 2. The van der Waals surface area contributed by atoms with Crippen LogP contribution in [0.25, 0.3) is 0 Å². The molecule has 0 aromatic heterocycles. The minimum Gasteiger partial charge on any atom is -0.504 e. The van der Waals surface area contributed by atoms with Gasteiger partial charge in [0.25, 0.3) is 11.8 Å². The number of imide groups is 2. The first-order valence-electron chi connectivity index (χ1n) is 18.4. The zero-order valence-corrected chi connectivity index (χ0v) is 32.3. The fraction of sp³-hybridized carbons (Fsp3) is 0.268. The second kappa shape index (κ2) is 14.2. The van der Waals surface area contributed by atoms with E-state index in [9.17, 15) is 44.1 Å². The highest BCUT2D eigenvalue weighted by Gasteiger charge is 2.71. The van der Waals surface area contributed by atoms with Gasteiger partial charge in [-0.2, -0.15) is 5.01 Å². The minimum absolute atomic E-state index is 0.0557. The molecule has 4 aromatic carbocycles. The average Bonchev–Trinajstić information content (AvgIpc) is 3.59. The third kappa shape index (κ3) is 5.78. The van der Waals surface area contributed by atoms with Crippen LogP contribution in [0, 0.1) is 49.7 Å². The first kappa shape index (κ1) is 39.0. The number of nitrogens with one attached hydrogen (secondary N) is 1. The van der Waals surface area contributed by atoms with E-state index in [4.69, 9.17) is 16.3 Å². The number of carbonyl (C=O) groups is 4. The zero-order chi connectivity index (χ0) is 42.2. The van der Waals surface area contributed by atoms with Gasteiger partial charge < -0.3 is 14.7 Å².